The van der Waals surface area contributed by atoms with Gasteiger partial charge in [0.2, 0.25) is 0 Å². The van der Waals surface area contributed by atoms with Crippen molar-refractivity contribution in [2.24, 2.45) is 7.05 Å². The Morgan fingerprint density at radius 3 is 2.67 bits per heavy atom. The lowest BCUT2D eigenvalue weighted by atomic mass is 10.0. The largest absolute Gasteiger partial charge is 0.394 e. The molecule has 0 aliphatic carbocycles. The number of hydrogen-bond donors (Lipinski definition) is 3. The number of aliphatic hydroxyl groups excluding tert-OH is 1. The van der Waals surface area contributed by atoms with Crippen LogP contribution in [0.2, 0.25) is 0 Å². The second-order valence-corrected chi connectivity index (χ2v) is 7.35. The van der Waals surface area contributed by atoms with Crippen LogP contribution in [0.5, 0.6) is 0 Å². The molecule has 0 saturated heterocycles. The summed E-state index contributed by atoms with van der Waals surface area (Å²) in [5.41, 5.74) is 7.89. The molecule has 1 atom stereocenters. The van der Waals surface area contributed by atoms with Crippen molar-refractivity contribution >= 4 is 11.7 Å². The molecular weight excluding hydrogens is 430 g/mol. The molecule has 168 valence electrons. The first-order valence-electron chi connectivity index (χ1n) is 9.94. The summed E-state index contributed by atoms with van der Waals surface area (Å²) in [6.07, 6.45) is 4.87. The van der Waals surface area contributed by atoms with Crippen molar-refractivity contribution in [2.45, 2.75) is 6.04 Å². The number of aryl methyl sites for hydroxylation is 1. The first-order valence-corrected chi connectivity index (χ1v) is 9.94. The Morgan fingerprint density at radius 1 is 1.18 bits per heavy atom. The first-order chi connectivity index (χ1) is 15.9. The normalized spacial score (nSPS) is 11.9. The van der Waals surface area contributed by atoms with Gasteiger partial charge >= 0.3 is 0 Å². The van der Waals surface area contributed by atoms with Crippen molar-refractivity contribution in [1.82, 2.24) is 25.1 Å². The van der Waals surface area contributed by atoms with Gasteiger partial charge in [0.05, 0.1) is 36.3 Å². The van der Waals surface area contributed by atoms with E-state index in [0.29, 0.717) is 16.8 Å². The van der Waals surface area contributed by atoms with E-state index in [1.807, 2.05) is 0 Å². The SMILES string of the molecule is Cn1cc(-c2cnc(N)c(-c3ccc(C(=O)NC(CO)c4cccc(F)c4)c(F)c3)n2)cn1. The average molecular weight is 450 g/mol. The maximum absolute atomic E-state index is 14.9. The van der Waals surface area contributed by atoms with E-state index < -0.39 is 30.2 Å². The van der Waals surface area contributed by atoms with E-state index >= 15 is 0 Å². The van der Waals surface area contributed by atoms with Crippen LogP contribution in [0.3, 0.4) is 0 Å². The van der Waals surface area contributed by atoms with Gasteiger partial charge in [-0.1, -0.05) is 18.2 Å². The average Bonchev–Trinajstić information content (AvgIpc) is 3.23. The van der Waals surface area contributed by atoms with E-state index in [1.165, 1.54) is 36.5 Å². The van der Waals surface area contributed by atoms with Crippen LogP contribution in [-0.4, -0.2) is 37.4 Å². The second kappa shape index (κ2) is 9.13. The fourth-order valence-corrected chi connectivity index (χ4v) is 3.34. The number of anilines is 1. The quantitative estimate of drug-likeness (QED) is 0.416. The van der Waals surface area contributed by atoms with Gasteiger partial charge in [-0.25, -0.2) is 18.7 Å². The Balaban J connectivity index is 1.60. The van der Waals surface area contributed by atoms with E-state index in [4.69, 9.17) is 5.73 Å². The van der Waals surface area contributed by atoms with Crippen LogP contribution in [0.1, 0.15) is 22.0 Å². The van der Waals surface area contributed by atoms with Crippen LogP contribution in [0, 0.1) is 11.6 Å². The van der Waals surface area contributed by atoms with Gasteiger partial charge in [0.15, 0.2) is 0 Å². The summed E-state index contributed by atoms with van der Waals surface area (Å²) in [6, 6.07) is 8.48. The highest BCUT2D eigenvalue weighted by molar-refractivity contribution is 5.95. The number of amides is 1. The van der Waals surface area contributed by atoms with E-state index in [1.54, 1.807) is 30.2 Å². The molecule has 0 aliphatic rings. The third-order valence-electron chi connectivity index (χ3n) is 5.03. The number of nitrogens with one attached hydrogen (secondary N) is 1. The lowest BCUT2D eigenvalue weighted by Gasteiger charge is -2.17. The van der Waals surface area contributed by atoms with E-state index in [2.05, 4.69) is 20.4 Å². The first kappa shape index (κ1) is 22.0. The molecule has 0 aliphatic heterocycles. The molecule has 2 aromatic heterocycles. The summed E-state index contributed by atoms with van der Waals surface area (Å²) < 4.78 is 30.0. The Kier molecular flexibility index (Phi) is 6.09. The maximum Gasteiger partial charge on any atom is 0.254 e. The number of aliphatic hydroxyl groups is 1. The van der Waals surface area contributed by atoms with Crippen molar-refractivity contribution in [3.05, 3.63) is 83.8 Å². The Morgan fingerprint density at radius 2 is 2.00 bits per heavy atom. The van der Waals surface area contributed by atoms with Gasteiger partial charge in [-0.2, -0.15) is 5.10 Å². The van der Waals surface area contributed by atoms with Crippen LogP contribution in [0.15, 0.2) is 61.1 Å². The molecule has 4 aromatic rings. The minimum absolute atomic E-state index is 0.102. The molecular formula is C23H20F2N6O2. The minimum Gasteiger partial charge on any atom is -0.394 e. The molecule has 2 heterocycles. The highest BCUT2D eigenvalue weighted by Crippen LogP contribution is 2.27. The summed E-state index contributed by atoms with van der Waals surface area (Å²) in [4.78, 5) is 21.2. The molecule has 1 amide bonds. The molecule has 10 heteroatoms. The summed E-state index contributed by atoms with van der Waals surface area (Å²) in [5.74, 6) is -1.98. The molecule has 0 bridgehead atoms. The fourth-order valence-electron chi connectivity index (χ4n) is 3.34. The summed E-state index contributed by atoms with van der Waals surface area (Å²) in [5, 5.41) is 16.2. The summed E-state index contributed by atoms with van der Waals surface area (Å²) in [6.45, 7) is -0.484. The third-order valence-corrected chi connectivity index (χ3v) is 5.03. The van der Waals surface area contributed by atoms with Gasteiger partial charge in [0, 0.05) is 24.4 Å². The fraction of sp³-hybridized carbons (Fsp3) is 0.130. The molecule has 0 saturated carbocycles. The number of nitrogens with zero attached hydrogens (tertiary/aromatic N) is 4. The predicted octanol–water partition coefficient (Wildman–Crippen LogP) is 2.87. The standard InChI is InChI=1S/C23H20F2N6O2/c1-31-11-15(9-28-31)19-10-27-22(26)21(29-19)14-5-6-17(18(25)8-14)23(33)30-20(12-32)13-3-2-4-16(24)7-13/h2-11,20,32H,12H2,1H3,(H2,26,27)(H,30,33). The van der Waals surface area contributed by atoms with Gasteiger partial charge < -0.3 is 16.2 Å². The van der Waals surface area contributed by atoms with Crippen LogP contribution in [-0.2, 0) is 7.05 Å². The number of hydrogen-bond acceptors (Lipinski definition) is 6. The van der Waals surface area contributed by atoms with Gasteiger partial charge in [-0.3, -0.25) is 9.48 Å². The van der Waals surface area contributed by atoms with Crippen molar-refractivity contribution in [2.75, 3.05) is 12.3 Å². The van der Waals surface area contributed by atoms with Crippen molar-refractivity contribution < 1.29 is 18.7 Å². The highest BCUT2D eigenvalue weighted by atomic mass is 19.1. The van der Waals surface area contributed by atoms with Crippen LogP contribution in [0.4, 0.5) is 14.6 Å². The van der Waals surface area contributed by atoms with Gasteiger partial charge in [0.1, 0.15) is 23.1 Å². The van der Waals surface area contributed by atoms with Crippen molar-refractivity contribution in [3.63, 3.8) is 0 Å². The number of benzene rings is 2. The van der Waals surface area contributed by atoms with Crippen LogP contribution < -0.4 is 11.1 Å². The number of rotatable bonds is 6. The van der Waals surface area contributed by atoms with E-state index in [0.717, 1.165) is 11.6 Å². The number of nitrogens with two attached hydrogens (primary N) is 1. The maximum atomic E-state index is 14.9. The topological polar surface area (TPSA) is 119 Å². The molecule has 0 fully saturated rings. The molecule has 8 nitrogen and oxygen atoms in total. The van der Waals surface area contributed by atoms with Gasteiger partial charge in [-0.15, -0.1) is 0 Å². The Labute approximate surface area is 187 Å². The molecule has 0 radical (unpaired) electrons. The lowest BCUT2D eigenvalue weighted by Crippen LogP contribution is -2.31. The van der Waals surface area contributed by atoms with E-state index in [-0.39, 0.29) is 17.1 Å². The molecule has 4 rings (SSSR count). The zero-order chi connectivity index (χ0) is 23.5. The number of carbonyl (C=O) groups is 1. The molecule has 2 aromatic carbocycles. The zero-order valence-electron chi connectivity index (χ0n) is 17.5. The monoisotopic (exact) mass is 450 g/mol. The number of halogens is 2. The summed E-state index contributed by atoms with van der Waals surface area (Å²) >= 11 is 0. The lowest BCUT2D eigenvalue weighted by molar-refractivity contribution is 0.0912. The minimum atomic E-state index is -0.898. The van der Waals surface area contributed by atoms with Crippen molar-refractivity contribution in [3.8, 4) is 22.5 Å². The number of aromatic nitrogens is 4. The molecule has 33 heavy (non-hydrogen) atoms. The predicted molar refractivity (Wildman–Crippen MR) is 118 cm³/mol. The number of carbonyl (C=O) groups excluding carboxylic acids is 1. The Bertz CT molecular complexity index is 1320. The molecule has 4 N–H and O–H groups in total. The van der Waals surface area contributed by atoms with Crippen LogP contribution >= 0.6 is 0 Å². The highest BCUT2D eigenvalue weighted by Gasteiger charge is 2.20. The third kappa shape index (κ3) is 4.70. The van der Waals surface area contributed by atoms with Gasteiger partial charge in [-0.05, 0) is 29.8 Å². The smallest absolute Gasteiger partial charge is 0.254 e. The zero-order valence-corrected chi connectivity index (χ0v) is 17.5. The summed E-state index contributed by atoms with van der Waals surface area (Å²) in [7, 11) is 1.77. The molecule has 1 unspecified atom stereocenters. The Hall–Kier alpha value is -4.18. The molecule has 0 spiro atoms. The second-order valence-electron chi connectivity index (χ2n) is 7.35. The van der Waals surface area contributed by atoms with E-state index in [9.17, 15) is 18.7 Å². The van der Waals surface area contributed by atoms with Gasteiger partial charge in [0.25, 0.3) is 5.91 Å². The van der Waals surface area contributed by atoms with Crippen LogP contribution in [0.25, 0.3) is 22.5 Å². The van der Waals surface area contributed by atoms with Crippen molar-refractivity contribution in [1.29, 1.82) is 0 Å². The number of nitrogen functional groups attached to an aromatic ring is 1.